The van der Waals surface area contributed by atoms with Gasteiger partial charge in [0.25, 0.3) is 0 Å². The minimum Gasteiger partial charge on any atom is -0.508 e. The lowest BCUT2D eigenvalue weighted by atomic mass is 9.99. The lowest BCUT2D eigenvalue weighted by Crippen LogP contribution is -1.92. The van der Waals surface area contributed by atoms with Gasteiger partial charge in [-0.05, 0) is 54.8 Å². The van der Waals surface area contributed by atoms with Crippen molar-refractivity contribution in [1.82, 2.24) is 5.16 Å². The van der Waals surface area contributed by atoms with E-state index in [1.165, 1.54) is 0 Å². The van der Waals surface area contributed by atoms with E-state index in [4.69, 9.17) is 9.26 Å². The largest absolute Gasteiger partial charge is 0.508 e. The summed E-state index contributed by atoms with van der Waals surface area (Å²) in [6.07, 6.45) is 1.68. The van der Waals surface area contributed by atoms with Gasteiger partial charge in [-0.2, -0.15) is 0 Å². The summed E-state index contributed by atoms with van der Waals surface area (Å²) in [5.74, 6) is 1.74. The number of hydrogen-bond donors (Lipinski definition) is 1. The van der Waals surface area contributed by atoms with Crippen molar-refractivity contribution in [2.75, 3.05) is 7.11 Å². The highest BCUT2D eigenvalue weighted by atomic mass is 16.5. The van der Waals surface area contributed by atoms with Crippen LogP contribution >= 0.6 is 0 Å². The van der Waals surface area contributed by atoms with E-state index in [-0.39, 0.29) is 5.75 Å². The molecule has 0 amide bonds. The van der Waals surface area contributed by atoms with Crippen LogP contribution in [0.3, 0.4) is 0 Å². The minimum absolute atomic E-state index is 0.231. The van der Waals surface area contributed by atoms with Crippen molar-refractivity contribution < 1.29 is 14.4 Å². The summed E-state index contributed by atoms with van der Waals surface area (Å²) in [5, 5.41) is 13.3. The first-order chi connectivity index (χ1) is 10.6. The number of rotatable bonds is 3. The molecule has 0 aliphatic heterocycles. The molecule has 1 N–H and O–H groups in total. The number of aromatic nitrogens is 1. The number of nitrogens with zero attached hydrogens (tertiary/aromatic N) is 1. The van der Waals surface area contributed by atoms with Crippen LogP contribution in [0, 0.1) is 13.8 Å². The van der Waals surface area contributed by atoms with Crippen LogP contribution in [0.2, 0.25) is 0 Å². The van der Waals surface area contributed by atoms with Gasteiger partial charge in [-0.25, -0.2) is 0 Å². The number of methoxy groups -OCH3 is 1. The first-order valence-corrected chi connectivity index (χ1v) is 7.00. The molecule has 2 aromatic carbocycles. The Kier molecular flexibility index (Phi) is 3.59. The van der Waals surface area contributed by atoms with Crippen molar-refractivity contribution in [3.63, 3.8) is 0 Å². The fourth-order valence-electron chi connectivity index (χ4n) is 2.46. The SMILES string of the molecule is COc1cc(-c2oncc2-c2ccc(O)cc2)cc(C)c1C. The standard InChI is InChI=1S/C18H17NO3/c1-11-8-14(9-17(21-3)12(11)2)18-16(10-19-22-18)13-4-6-15(20)7-5-13/h4-10,20H,1-3H3. The topological polar surface area (TPSA) is 55.5 Å². The van der Waals surface area contributed by atoms with Gasteiger partial charge in [0.15, 0.2) is 5.76 Å². The highest BCUT2D eigenvalue weighted by Gasteiger charge is 2.15. The van der Waals surface area contributed by atoms with Crippen molar-refractivity contribution in [1.29, 1.82) is 0 Å². The average Bonchev–Trinajstić information content (AvgIpc) is 3.00. The molecule has 3 rings (SSSR count). The predicted octanol–water partition coefficient (Wildman–Crippen LogP) is 4.34. The third-order valence-electron chi connectivity index (χ3n) is 3.85. The third-order valence-corrected chi connectivity index (χ3v) is 3.85. The first kappa shape index (κ1) is 14.2. The minimum atomic E-state index is 0.231. The van der Waals surface area contributed by atoms with E-state index < -0.39 is 0 Å². The van der Waals surface area contributed by atoms with Crippen LogP contribution < -0.4 is 4.74 Å². The maximum atomic E-state index is 9.42. The fourth-order valence-corrected chi connectivity index (χ4v) is 2.46. The maximum absolute atomic E-state index is 9.42. The molecule has 3 aromatic rings. The van der Waals surface area contributed by atoms with Crippen molar-refractivity contribution in [3.05, 3.63) is 53.7 Å². The molecule has 112 valence electrons. The molecular weight excluding hydrogens is 278 g/mol. The number of phenolic OH excluding ortho intramolecular Hbond substituents is 1. The van der Waals surface area contributed by atoms with Crippen LogP contribution in [0.15, 0.2) is 47.1 Å². The molecule has 1 heterocycles. The second-order valence-electron chi connectivity index (χ2n) is 5.24. The van der Waals surface area contributed by atoms with Crippen LogP contribution in [0.4, 0.5) is 0 Å². The van der Waals surface area contributed by atoms with E-state index in [0.29, 0.717) is 5.76 Å². The Hall–Kier alpha value is -2.75. The zero-order chi connectivity index (χ0) is 15.7. The van der Waals surface area contributed by atoms with Gasteiger partial charge >= 0.3 is 0 Å². The lowest BCUT2D eigenvalue weighted by molar-refractivity contribution is 0.410. The number of aromatic hydroxyl groups is 1. The lowest BCUT2D eigenvalue weighted by Gasteiger charge is -2.10. The Morgan fingerprint density at radius 1 is 1.05 bits per heavy atom. The quantitative estimate of drug-likeness (QED) is 0.781. The summed E-state index contributed by atoms with van der Waals surface area (Å²) in [7, 11) is 1.66. The van der Waals surface area contributed by atoms with Crippen LogP contribution in [-0.4, -0.2) is 17.4 Å². The number of ether oxygens (including phenoxy) is 1. The smallest absolute Gasteiger partial charge is 0.174 e. The molecule has 0 aliphatic carbocycles. The van der Waals surface area contributed by atoms with Crippen molar-refractivity contribution in [2.45, 2.75) is 13.8 Å². The van der Waals surface area contributed by atoms with E-state index in [0.717, 1.165) is 33.6 Å². The maximum Gasteiger partial charge on any atom is 0.174 e. The van der Waals surface area contributed by atoms with Gasteiger partial charge < -0.3 is 14.4 Å². The van der Waals surface area contributed by atoms with Crippen molar-refractivity contribution in [3.8, 4) is 33.9 Å². The number of benzene rings is 2. The summed E-state index contributed by atoms with van der Waals surface area (Å²) >= 11 is 0. The van der Waals surface area contributed by atoms with E-state index >= 15 is 0 Å². The van der Waals surface area contributed by atoms with Gasteiger partial charge in [0.05, 0.1) is 13.3 Å². The zero-order valence-electron chi connectivity index (χ0n) is 12.8. The Morgan fingerprint density at radius 2 is 1.77 bits per heavy atom. The van der Waals surface area contributed by atoms with Crippen LogP contribution in [0.5, 0.6) is 11.5 Å². The fraction of sp³-hybridized carbons (Fsp3) is 0.167. The Morgan fingerprint density at radius 3 is 2.45 bits per heavy atom. The Labute approximate surface area is 129 Å². The van der Waals surface area contributed by atoms with E-state index in [1.807, 2.05) is 32.0 Å². The number of hydrogen-bond acceptors (Lipinski definition) is 4. The molecule has 0 saturated heterocycles. The van der Waals surface area contributed by atoms with E-state index in [9.17, 15) is 5.11 Å². The highest BCUT2D eigenvalue weighted by molar-refractivity contribution is 5.80. The van der Waals surface area contributed by atoms with Gasteiger partial charge in [0, 0.05) is 11.1 Å². The molecular formula is C18H17NO3. The second kappa shape index (κ2) is 5.56. The first-order valence-electron chi connectivity index (χ1n) is 7.00. The molecule has 4 heteroatoms. The van der Waals surface area contributed by atoms with Crippen molar-refractivity contribution in [2.24, 2.45) is 0 Å². The summed E-state index contributed by atoms with van der Waals surface area (Å²) in [5.41, 5.74) is 4.97. The molecule has 0 spiro atoms. The molecule has 0 bridgehead atoms. The van der Waals surface area contributed by atoms with E-state index in [2.05, 4.69) is 11.2 Å². The summed E-state index contributed by atoms with van der Waals surface area (Å²) in [4.78, 5) is 0. The molecule has 4 nitrogen and oxygen atoms in total. The summed E-state index contributed by atoms with van der Waals surface area (Å²) in [6.45, 7) is 4.07. The molecule has 22 heavy (non-hydrogen) atoms. The monoisotopic (exact) mass is 295 g/mol. The Bertz CT molecular complexity index is 804. The third kappa shape index (κ3) is 2.44. The van der Waals surface area contributed by atoms with Gasteiger partial charge in [-0.3, -0.25) is 0 Å². The molecule has 0 saturated carbocycles. The summed E-state index contributed by atoms with van der Waals surface area (Å²) in [6, 6.07) is 11.0. The molecule has 0 radical (unpaired) electrons. The van der Waals surface area contributed by atoms with Crippen molar-refractivity contribution >= 4 is 0 Å². The molecule has 0 aliphatic rings. The van der Waals surface area contributed by atoms with Crippen LogP contribution in [0.25, 0.3) is 22.5 Å². The summed E-state index contributed by atoms with van der Waals surface area (Å²) < 4.78 is 10.9. The van der Waals surface area contributed by atoms with E-state index in [1.54, 1.807) is 25.4 Å². The van der Waals surface area contributed by atoms with Gasteiger partial charge in [-0.15, -0.1) is 0 Å². The molecule has 0 fully saturated rings. The van der Waals surface area contributed by atoms with Crippen LogP contribution in [0.1, 0.15) is 11.1 Å². The average molecular weight is 295 g/mol. The number of phenols is 1. The van der Waals surface area contributed by atoms with Gasteiger partial charge in [-0.1, -0.05) is 17.3 Å². The molecule has 0 unspecified atom stereocenters. The predicted molar refractivity (Wildman–Crippen MR) is 85.1 cm³/mol. The second-order valence-corrected chi connectivity index (χ2v) is 5.24. The highest BCUT2D eigenvalue weighted by Crippen LogP contribution is 2.36. The van der Waals surface area contributed by atoms with Gasteiger partial charge in [0.1, 0.15) is 11.5 Å². The zero-order valence-corrected chi connectivity index (χ0v) is 12.8. The van der Waals surface area contributed by atoms with Crippen LogP contribution in [-0.2, 0) is 0 Å². The normalized spacial score (nSPS) is 10.7. The number of aryl methyl sites for hydroxylation is 1. The molecule has 0 atom stereocenters. The van der Waals surface area contributed by atoms with Gasteiger partial charge in [0.2, 0.25) is 0 Å². The Balaban J connectivity index is 2.13. The molecule has 1 aromatic heterocycles.